The molecule has 1 aromatic rings. The number of nitrogens with one attached hydrogen (secondary N) is 1. The Bertz CT molecular complexity index is 517. The summed E-state index contributed by atoms with van der Waals surface area (Å²) in [5, 5.41) is 10.8. The molecular weight excluding hydrogens is 275 g/mol. The Morgan fingerprint density at radius 1 is 1.35 bits per heavy atom. The zero-order chi connectivity index (χ0) is 15.7. The average molecular weight is 291 g/mol. The summed E-state index contributed by atoms with van der Waals surface area (Å²) in [7, 11) is 0. The molecule has 0 aromatic carbocycles. The smallest absolute Gasteiger partial charge is 0.422 e. The summed E-state index contributed by atoms with van der Waals surface area (Å²) in [5.74, 6) is -1.92. The fraction of sp³-hybridized carbons (Fsp3) is 0.583. The first-order valence-electron chi connectivity index (χ1n) is 5.91. The van der Waals surface area contributed by atoms with Gasteiger partial charge in [-0.2, -0.15) is 13.2 Å². The van der Waals surface area contributed by atoms with E-state index in [0.29, 0.717) is 18.4 Å². The summed E-state index contributed by atoms with van der Waals surface area (Å²) >= 11 is 0. The maximum absolute atomic E-state index is 12.9. The first-order valence-corrected chi connectivity index (χ1v) is 5.91. The van der Waals surface area contributed by atoms with E-state index in [1.807, 2.05) is 5.32 Å². The number of hydrogen-bond donors (Lipinski definition) is 2. The SMILES string of the molecule is Cc1cc(NC(C)(C(=O)O)C(F)(F)F)nc(C(C)C)n1. The van der Waals surface area contributed by atoms with Crippen molar-refractivity contribution in [1.82, 2.24) is 9.97 Å². The van der Waals surface area contributed by atoms with E-state index in [2.05, 4.69) is 9.97 Å². The molecule has 1 aromatic heterocycles. The van der Waals surface area contributed by atoms with Gasteiger partial charge in [0.25, 0.3) is 0 Å². The summed E-state index contributed by atoms with van der Waals surface area (Å²) < 4.78 is 38.7. The van der Waals surface area contributed by atoms with Crippen molar-refractivity contribution in [2.75, 3.05) is 5.32 Å². The van der Waals surface area contributed by atoms with Crippen LogP contribution in [0.15, 0.2) is 6.07 Å². The molecule has 0 aliphatic carbocycles. The van der Waals surface area contributed by atoms with Crippen LogP contribution in [-0.2, 0) is 4.79 Å². The van der Waals surface area contributed by atoms with Gasteiger partial charge in [-0.1, -0.05) is 13.8 Å². The van der Waals surface area contributed by atoms with Gasteiger partial charge in [-0.15, -0.1) is 0 Å². The summed E-state index contributed by atoms with van der Waals surface area (Å²) in [4.78, 5) is 19.0. The van der Waals surface area contributed by atoms with Crippen LogP contribution in [0.5, 0.6) is 0 Å². The third-order valence-corrected chi connectivity index (χ3v) is 2.76. The van der Waals surface area contributed by atoms with Gasteiger partial charge in [0, 0.05) is 17.7 Å². The molecule has 1 unspecified atom stereocenters. The minimum absolute atomic E-state index is 0.0857. The molecule has 0 fully saturated rings. The van der Waals surface area contributed by atoms with E-state index in [1.54, 1.807) is 20.8 Å². The van der Waals surface area contributed by atoms with Gasteiger partial charge in [-0.3, -0.25) is 0 Å². The molecule has 2 N–H and O–H groups in total. The van der Waals surface area contributed by atoms with Gasteiger partial charge < -0.3 is 10.4 Å². The Balaban J connectivity index is 3.23. The van der Waals surface area contributed by atoms with Crippen LogP contribution in [0.2, 0.25) is 0 Å². The highest BCUT2D eigenvalue weighted by Gasteiger charge is 2.57. The van der Waals surface area contributed by atoms with E-state index in [1.165, 1.54) is 6.07 Å². The van der Waals surface area contributed by atoms with Crippen molar-refractivity contribution in [1.29, 1.82) is 0 Å². The highest BCUT2D eigenvalue weighted by molar-refractivity contribution is 5.83. The van der Waals surface area contributed by atoms with E-state index in [0.717, 1.165) is 0 Å². The lowest BCUT2D eigenvalue weighted by molar-refractivity contribution is -0.192. The van der Waals surface area contributed by atoms with Crippen molar-refractivity contribution < 1.29 is 23.1 Å². The predicted octanol–water partition coefficient (Wildman–Crippen LogP) is 2.73. The predicted molar refractivity (Wildman–Crippen MR) is 66.6 cm³/mol. The number of hydrogen-bond acceptors (Lipinski definition) is 4. The van der Waals surface area contributed by atoms with Gasteiger partial charge in [0.15, 0.2) is 0 Å². The van der Waals surface area contributed by atoms with E-state index in [9.17, 15) is 18.0 Å². The third-order valence-electron chi connectivity index (χ3n) is 2.76. The van der Waals surface area contributed by atoms with Crippen LogP contribution in [0.1, 0.15) is 38.2 Å². The molecule has 0 aliphatic heterocycles. The second-order valence-corrected chi connectivity index (χ2v) is 4.96. The van der Waals surface area contributed by atoms with Crippen molar-refractivity contribution in [2.45, 2.75) is 45.3 Å². The number of halogens is 3. The summed E-state index contributed by atoms with van der Waals surface area (Å²) in [6.07, 6.45) is -4.96. The summed E-state index contributed by atoms with van der Waals surface area (Å²) in [5.41, 5.74) is -2.65. The maximum atomic E-state index is 12.9. The molecule has 1 heterocycles. The number of alkyl halides is 3. The molecular formula is C12H16F3N3O2. The van der Waals surface area contributed by atoms with Crippen molar-refractivity contribution in [3.05, 3.63) is 17.6 Å². The number of aromatic nitrogens is 2. The Morgan fingerprint density at radius 2 is 1.90 bits per heavy atom. The third kappa shape index (κ3) is 3.17. The molecule has 0 saturated heterocycles. The topological polar surface area (TPSA) is 75.1 Å². The van der Waals surface area contributed by atoms with Gasteiger partial charge in [0.2, 0.25) is 5.54 Å². The molecule has 8 heteroatoms. The zero-order valence-corrected chi connectivity index (χ0v) is 11.5. The Kier molecular flexibility index (Phi) is 4.26. The molecule has 1 rings (SSSR count). The van der Waals surface area contributed by atoms with Gasteiger partial charge in [0.1, 0.15) is 11.6 Å². The largest absolute Gasteiger partial charge is 0.479 e. The zero-order valence-electron chi connectivity index (χ0n) is 11.5. The number of anilines is 1. The van der Waals surface area contributed by atoms with E-state index >= 15 is 0 Å². The van der Waals surface area contributed by atoms with Crippen molar-refractivity contribution in [3.8, 4) is 0 Å². The highest BCUT2D eigenvalue weighted by Crippen LogP contribution is 2.33. The first kappa shape index (κ1) is 16.2. The van der Waals surface area contributed by atoms with Gasteiger partial charge in [0.05, 0.1) is 0 Å². The monoisotopic (exact) mass is 291 g/mol. The molecule has 5 nitrogen and oxygen atoms in total. The van der Waals surface area contributed by atoms with Crippen LogP contribution in [0.25, 0.3) is 0 Å². The number of rotatable bonds is 4. The number of nitrogens with zero attached hydrogens (tertiary/aromatic N) is 2. The second kappa shape index (κ2) is 5.26. The van der Waals surface area contributed by atoms with Gasteiger partial charge in [-0.05, 0) is 13.8 Å². The van der Waals surface area contributed by atoms with E-state index < -0.39 is 17.7 Å². The van der Waals surface area contributed by atoms with E-state index in [4.69, 9.17) is 5.11 Å². The fourth-order valence-corrected chi connectivity index (χ4v) is 1.42. The molecule has 0 spiro atoms. The fourth-order valence-electron chi connectivity index (χ4n) is 1.42. The minimum Gasteiger partial charge on any atom is -0.479 e. The molecule has 0 amide bonds. The molecule has 20 heavy (non-hydrogen) atoms. The number of carboxylic acid groups (broad SMARTS) is 1. The van der Waals surface area contributed by atoms with Crippen LogP contribution in [-0.4, -0.2) is 32.8 Å². The number of aliphatic carboxylic acids is 1. The van der Waals surface area contributed by atoms with Crippen molar-refractivity contribution in [3.63, 3.8) is 0 Å². The Hall–Kier alpha value is -1.86. The standard InChI is InChI=1S/C12H16F3N3O2/c1-6(2)9-16-7(3)5-8(17-9)18-11(4,10(19)20)12(13,14)15/h5-6H,1-4H3,(H,19,20)(H,16,17,18). The molecule has 1 atom stereocenters. The average Bonchev–Trinajstić information content (AvgIpc) is 2.26. The molecule has 0 saturated carbocycles. The quantitative estimate of drug-likeness (QED) is 0.892. The second-order valence-electron chi connectivity index (χ2n) is 4.96. The van der Waals surface area contributed by atoms with Crippen molar-refractivity contribution in [2.24, 2.45) is 0 Å². The summed E-state index contributed by atoms with van der Waals surface area (Å²) in [6, 6.07) is 1.28. The van der Waals surface area contributed by atoms with E-state index in [-0.39, 0.29) is 11.7 Å². The number of carboxylic acids is 1. The van der Waals surface area contributed by atoms with Gasteiger partial charge in [-0.25, -0.2) is 14.8 Å². The minimum atomic E-state index is -4.96. The van der Waals surface area contributed by atoms with Crippen LogP contribution in [0.3, 0.4) is 0 Å². The Morgan fingerprint density at radius 3 is 2.30 bits per heavy atom. The molecule has 0 bridgehead atoms. The maximum Gasteiger partial charge on any atom is 0.422 e. The van der Waals surface area contributed by atoms with Crippen molar-refractivity contribution >= 4 is 11.8 Å². The molecule has 0 aliphatic rings. The normalized spacial score (nSPS) is 15.0. The number of carbonyl (C=O) groups is 1. The van der Waals surface area contributed by atoms with Crippen LogP contribution < -0.4 is 5.32 Å². The lowest BCUT2D eigenvalue weighted by Crippen LogP contribution is -2.55. The van der Waals surface area contributed by atoms with Crippen LogP contribution in [0.4, 0.5) is 19.0 Å². The lowest BCUT2D eigenvalue weighted by Gasteiger charge is -2.29. The van der Waals surface area contributed by atoms with Crippen LogP contribution >= 0.6 is 0 Å². The Labute approximate surface area is 114 Å². The summed E-state index contributed by atoms with van der Waals surface area (Å²) in [6.45, 7) is 5.74. The first-order chi connectivity index (χ1) is 8.97. The lowest BCUT2D eigenvalue weighted by atomic mass is 10.0. The number of aryl methyl sites for hydroxylation is 1. The molecule has 0 radical (unpaired) electrons. The molecule has 112 valence electrons. The van der Waals surface area contributed by atoms with Crippen LogP contribution in [0, 0.1) is 6.92 Å². The highest BCUT2D eigenvalue weighted by atomic mass is 19.4. The van der Waals surface area contributed by atoms with Gasteiger partial charge >= 0.3 is 12.1 Å².